The molecule has 39 heavy (non-hydrogen) atoms. The fourth-order valence-corrected chi connectivity index (χ4v) is 6.91. The largest absolute Gasteiger partial charge is 0.458 e. The summed E-state index contributed by atoms with van der Waals surface area (Å²) >= 11 is 5.85. The third-order valence-corrected chi connectivity index (χ3v) is 9.50. The van der Waals surface area contributed by atoms with Gasteiger partial charge in [-0.15, -0.1) is 0 Å². The van der Waals surface area contributed by atoms with Crippen LogP contribution in [0, 0.1) is 23.3 Å². The zero-order valence-electron chi connectivity index (χ0n) is 21.6. The number of carbonyl (C=O) groups is 2. The summed E-state index contributed by atoms with van der Waals surface area (Å²) in [5, 5.41) is 25.7. The summed E-state index contributed by atoms with van der Waals surface area (Å²) in [5.74, 6) is -1.45. The fraction of sp³-hybridized carbons (Fsp3) is 0.448. The van der Waals surface area contributed by atoms with Crippen LogP contribution in [0.2, 0.25) is 0 Å². The van der Waals surface area contributed by atoms with Gasteiger partial charge in [0.1, 0.15) is 23.2 Å². The van der Waals surface area contributed by atoms with Crippen molar-refractivity contribution in [3.63, 3.8) is 0 Å². The van der Waals surface area contributed by atoms with Gasteiger partial charge in [-0.2, -0.15) is 0 Å². The van der Waals surface area contributed by atoms with Gasteiger partial charge in [-0.25, -0.2) is 14.2 Å². The van der Waals surface area contributed by atoms with E-state index in [0.29, 0.717) is 57.6 Å². The molecule has 4 heterocycles. The summed E-state index contributed by atoms with van der Waals surface area (Å²) in [6.07, 6.45) is 1.87. The molecular weight excluding hydrogens is 521 g/mol. The molecule has 0 radical (unpaired) electrons. The van der Waals surface area contributed by atoms with Crippen LogP contribution < -0.4 is 5.32 Å². The van der Waals surface area contributed by atoms with Crippen molar-refractivity contribution < 1.29 is 28.9 Å². The van der Waals surface area contributed by atoms with E-state index in [9.17, 15) is 19.8 Å². The van der Waals surface area contributed by atoms with E-state index in [-0.39, 0.29) is 24.8 Å². The SMILES string of the molecule is CC[C@@]1(O)C(=O)OCc2c1cc1n(c2=S)Cc2c-1nc1cc(F)c(C)c3c1c2[C@@H](NC(=O)[C@@H](O)C1CC1)CC3. The van der Waals surface area contributed by atoms with Crippen molar-refractivity contribution >= 4 is 35.0 Å². The van der Waals surface area contributed by atoms with E-state index in [0.717, 1.165) is 34.9 Å². The number of amides is 1. The topological polar surface area (TPSA) is 114 Å². The number of fused-ring (bicyclic) bond motifs is 5. The lowest BCUT2D eigenvalue weighted by Crippen LogP contribution is -2.41. The number of hydrogen-bond donors (Lipinski definition) is 3. The van der Waals surface area contributed by atoms with E-state index in [4.69, 9.17) is 21.9 Å². The molecule has 1 fully saturated rings. The van der Waals surface area contributed by atoms with E-state index in [1.807, 2.05) is 4.57 Å². The summed E-state index contributed by atoms with van der Waals surface area (Å²) in [7, 11) is 0. The van der Waals surface area contributed by atoms with Gasteiger partial charge in [0.25, 0.3) is 0 Å². The molecule has 3 atom stereocenters. The summed E-state index contributed by atoms with van der Waals surface area (Å²) < 4.78 is 22.7. The maximum atomic E-state index is 15.0. The number of rotatable bonds is 4. The Balaban J connectivity index is 1.46. The molecule has 10 heteroatoms. The zero-order valence-corrected chi connectivity index (χ0v) is 22.5. The van der Waals surface area contributed by atoms with Gasteiger partial charge in [-0.05, 0) is 67.7 Å². The van der Waals surface area contributed by atoms with Gasteiger partial charge in [0.2, 0.25) is 5.91 Å². The number of cyclic esters (lactones) is 1. The lowest BCUT2D eigenvalue weighted by atomic mass is 9.81. The Morgan fingerprint density at radius 3 is 2.79 bits per heavy atom. The number of aliphatic hydroxyl groups is 2. The normalized spacial score (nSPS) is 23.6. The van der Waals surface area contributed by atoms with Crippen LogP contribution in [0.4, 0.5) is 4.39 Å². The van der Waals surface area contributed by atoms with Crippen LogP contribution in [-0.4, -0.2) is 37.7 Å². The summed E-state index contributed by atoms with van der Waals surface area (Å²) in [5.41, 5.74) is 4.04. The molecular formula is C29H28FN3O5S. The van der Waals surface area contributed by atoms with Gasteiger partial charge in [0.15, 0.2) is 5.60 Å². The Hall–Kier alpha value is -3.21. The first-order chi connectivity index (χ1) is 18.6. The number of pyridine rings is 2. The molecule has 0 bridgehead atoms. The molecule has 4 aliphatic rings. The summed E-state index contributed by atoms with van der Waals surface area (Å²) in [6.45, 7) is 3.82. The molecule has 2 aromatic heterocycles. The summed E-state index contributed by atoms with van der Waals surface area (Å²) in [4.78, 5) is 30.5. The maximum absolute atomic E-state index is 15.0. The van der Waals surface area contributed by atoms with E-state index >= 15 is 4.39 Å². The Morgan fingerprint density at radius 1 is 1.31 bits per heavy atom. The third kappa shape index (κ3) is 3.41. The lowest BCUT2D eigenvalue weighted by Gasteiger charge is -2.32. The molecule has 202 valence electrons. The molecule has 0 saturated heterocycles. The van der Waals surface area contributed by atoms with Gasteiger partial charge in [0.05, 0.1) is 29.5 Å². The van der Waals surface area contributed by atoms with Gasteiger partial charge < -0.3 is 24.8 Å². The van der Waals surface area contributed by atoms with Crippen LogP contribution in [0.15, 0.2) is 12.1 Å². The predicted octanol–water partition coefficient (Wildman–Crippen LogP) is 3.77. The number of hydrogen-bond acceptors (Lipinski definition) is 7. The number of carbonyl (C=O) groups excluding carboxylic acids is 2. The van der Waals surface area contributed by atoms with Crippen molar-refractivity contribution in [2.75, 3.05) is 0 Å². The average molecular weight is 550 g/mol. The molecule has 1 aromatic carbocycles. The number of benzene rings is 1. The van der Waals surface area contributed by atoms with Crippen LogP contribution in [0.1, 0.15) is 72.0 Å². The Morgan fingerprint density at radius 2 is 2.08 bits per heavy atom. The van der Waals surface area contributed by atoms with Crippen molar-refractivity contribution in [2.24, 2.45) is 5.92 Å². The van der Waals surface area contributed by atoms with Gasteiger partial charge >= 0.3 is 5.97 Å². The highest BCUT2D eigenvalue weighted by Crippen LogP contribution is 2.47. The smallest absolute Gasteiger partial charge is 0.343 e. The second-order valence-corrected chi connectivity index (χ2v) is 11.6. The van der Waals surface area contributed by atoms with Crippen LogP contribution in [-0.2, 0) is 39.5 Å². The number of aromatic nitrogens is 2. The van der Waals surface area contributed by atoms with E-state index in [2.05, 4.69) is 5.32 Å². The first-order valence-corrected chi connectivity index (χ1v) is 13.8. The van der Waals surface area contributed by atoms with Crippen molar-refractivity contribution in [3.8, 4) is 11.4 Å². The molecule has 8 nitrogen and oxygen atoms in total. The standard InChI is InChI=1S/C29H28FN3O5S/c1-3-29(37)17-8-21-24-15(10-33(21)27(39)16(17)11-38-28(29)36)23-19(32-26(35)25(34)13-4-5-13)7-6-14-12(2)18(30)9-20(31-24)22(14)23/h8-9,13,19,25,34,37H,3-7,10-11H2,1-2H3,(H,32,35)/t19-,25-,29-/m0/s1. The Bertz CT molecular complexity index is 1700. The molecule has 3 aromatic rings. The Labute approximate surface area is 228 Å². The van der Waals surface area contributed by atoms with E-state index in [1.54, 1.807) is 19.9 Å². The minimum Gasteiger partial charge on any atom is -0.458 e. The van der Waals surface area contributed by atoms with E-state index < -0.39 is 29.6 Å². The Kier molecular flexibility index (Phi) is 5.34. The summed E-state index contributed by atoms with van der Waals surface area (Å²) in [6, 6.07) is 2.79. The maximum Gasteiger partial charge on any atom is 0.343 e. The third-order valence-electron chi connectivity index (χ3n) is 9.03. The van der Waals surface area contributed by atoms with Crippen LogP contribution in [0.25, 0.3) is 22.3 Å². The lowest BCUT2D eigenvalue weighted by molar-refractivity contribution is -0.172. The van der Waals surface area contributed by atoms with Gasteiger partial charge in [-0.3, -0.25) is 4.79 Å². The van der Waals surface area contributed by atoms with Crippen molar-refractivity contribution in [1.29, 1.82) is 0 Å². The average Bonchev–Trinajstić information content (AvgIpc) is 3.71. The highest BCUT2D eigenvalue weighted by Gasteiger charge is 2.45. The number of esters is 1. The number of halogens is 1. The molecule has 0 unspecified atom stereocenters. The van der Waals surface area contributed by atoms with E-state index in [1.165, 1.54) is 6.07 Å². The highest BCUT2D eigenvalue weighted by molar-refractivity contribution is 7.71. The van der Waals surface area contributed by atoms with Gasteiger partial charge in [0, 0.05) is 28.1 Å². The minimum absolute atomic E-state index is 0.00321. The quantitative estimate of drug-likeness (QED) is 0.262. The predicted molar refractivity (Wildman–Crippen MR) is 142 cm³/mol. The van der Waals surface area contributed by atoms with Crippen molar-refractivity contribution in [2.45, 2.75) is 76.9 Å². The second kappa shape index (κ2) is 8.39. The monoisotopic (exact) mass is 549 g/mol. The van der Waals surface area contributed by atoms with Crippen LogP contribution >= 0.6 is 12.2 Å². The molecule has 2 aliphatic carbocycles. The van der Waals surface area contributed by atoms with Gasteiger partial charge in [-0.1, -0.05) is 19.1 Å². The fourth-order valence-electron chi connectivity index (χ4n) is 6.58. The molecule has 2 aliphatic heterocycles. The molecule has 0 spiro atoms. The first-order valence-electron chi connectivity index (χ1n) is 13.4. The highest BCUT2D eigenvalue weighted by atomic mass is 32.1. The van der Waals surface area contributed by atoms with Crippen LogP contribution in [0.3, 0.4) is 0 Å². The number of aryl methyl sites for hydroxylation is 1. The number of aliphatic hydroxyl groups excluding tert-OH is 1. The van der Waals surface area contributed by atoms with Crippen molar-refractivity contribution in [3.05, 3.63) is 56.0 Å². The molecule has 1 amide bonds. The number of nitrogens with one attached hydrogen (secondary N) is 1. The first kappa shape index (κ1) is 24.8. The van der Waals surface area contributed by atoms with Crippen molar-refractivity contribution in [1.82, 2.24) is 14.9 Å². The zero-order chi connectivity index (χ0) is 27.4. The second-order valence-electron chi connectivity index (χ2n) is 11.2. The minimum atomic E-state index is -1.82. The number of nitrogens with zero attached hydrogens (tertiary/aromatic N) is 2. The molecule has 7 rings (SSSR count). The molecule has 1 saturated carbocycles. The number of ether oxygens (including phenoxy) is 1. The molecule has 3 N–H and O–H groups in total. The van der Waals surface area contributed by atoms with Crippen LogP contribution in [0.5, 0.6) is 0 Å².